The van der Waals surface area contributed by atoms with E-state index < -0.39 is 0 Å². The van der Waals surface area contributed by atoms with Crippen molar-refractivity contribution >= 4 is 27.7 Å². The molecule has 0 aliphatic carbocycles. The molecule has 2 N–H and O–H groups in total. The van der Waals surface area contributed by atoms with Crippen LogP contribution in [0.1, 0.15) is 15.9 Å². The molecule has 0 spiro atoms. The summed E-state index contributed by atoms with van der Waals surface area (Å²) in [7, 11) is 0. The number of carbonyl (C=O) groups excluding carboxylic acids is 1. The first-order chi connectivity index (χ1) is 12.6. The highest BCUT2D eigenvalue weighted by atomic mass is 32.1. The molecule has 0 bridgehead atoms. The number of rotatable bonds is 3. The number of fused-ring (bicyclic) bond motifs is 1. The largest absolute Gasteiger partial charge is 0.508 e. The van der Waals surface area contributed by atoms with E-state index in [-0.39, 0.29) is 11.5 Å². The van der Waals surface area contributed by atoms with Gasteiger partial charge in [-0.2, -0.15) is 0 Å². The molecule has 1 aromatic heterocycles. The maximum absolute atomic E-state index is 11.7. The van der Waals surface area contributed by atoms with E-state index in [2.05, 4.69) is 0 Å². The standard InChI is InChI=1S/C22H16O3S/c1-13-3-2-4-15(12-23)20(13)21-18-10-9-17(25)11-19(18)26-22(21)14-5-7-16(24)8-6-14/h2-12,24-25H,1H3. The molecule has 0 amide bonds. The summed E-state index contributed by atoms with van der Waals surface area (Å²) >= 11 is 1.56. The predicted octanol–water partition coefficient (Wildman–Crippen LogP) is 5.77. The molecular formula is C22H16O3S. The van der Waals surface area contributed by atoms with Crippen molar-refractivity contribution < 1.29 is 15.0 Å². The first kappa shape index (κ1) is 16.4. The van der Waals surface area contributed by atoms with Gasteiger partial charge >= 0.3 is 0 Å². The van der Waals surface area contributed by atoms with Gasteiger partial charge in [0.2, 0.25) is 0 Å². The molecule has 0 unspecified atom stereocenters. The van der Waals surface area contributed by atoms with Crippen LogP contribution in [0.4, 0.5) is 0 Å². The van der Waals surface area contributed by atoms with Crippen LogP contribution in [0, 0.1) is 6.92 Å². The van der Waals surface area contributed by atoms with Crippen molar-refractivity contribution in [3.05, 3.63) is 71.8 Å². The molecule has 4 aromatic rings. The fourth-order valence-corrected chi connectivity index (χ4v) is 4.53. The number of aldehydes is 1. The molecular weight excluding hydrogens is 344 g/mol. The molecule has 0 saturated carbocycles. The first-order valence-electron chi connectivity index (χ1n) is 8.18. The highest BCUT2D eigenvalue weighted by Crippen LogP contribution is 2.47. The third kappa shape index (κ3) is 2.65. The minimum atomic E-state index is 0.207. The highest BCUT2D eigenvalue weighted by Gasteiger charge is 2.20. The number of phenols is 2. The van der Waals surface area contributed by atoms with Gasteiger partial charge in [-0.3, -0.25) is 4.79 Å². The van der Waals surface area contributed by atoms with Crippen LogP contribution >= 0.6 is 11.3 Å². The summed E-state index contributed by atoms with van der Waals surface area (Å²) in [6, 6.07) is 18.0. The lowest BCUT2D eigenvalue weighted by Crippen LogP contribution is -1.92. The summed E-state index contributed by atoms with van der Waals surface area (Å²) in [5.74, 6) is 0.418. The Kier molecular flexibility index (Phi) is 3.98. The van der Waals surface area contributed by atoms with Gasteiger partial charge in [-0.1, -0.05) is 18.2 Å². The third-order valence-corrected chi connectivity index (χ3v) is 5.69. The molecule has 4 rings (SSSR count). The monoisotopic (exact) mass is 360 g/mol. The van der Waals surface area contributed by atoms with Crippen LogP contribution in [0.15, 0.2) is 60.7 Å². The van der Waals surface area contributed by atoms with E-state index in [9.17, 15) is 15.0 Å². The lowest BCUT2D eigenvalue weighted by Gasteiger charge is -2.11. The van der Waals surface area contributed by atoms with Crippen LogP contribution < -0.4 is 0 Å². The molecule has 0 atom stereocenters. The molecule has 0 saturated heterocycles. The number of aryl methyl sites for hydroxylation is 1. The second-order valence-corrected chi connectivity index (χ2v) is 7.24. The normalized spacial score (nSPS) is 11.0. The fraction of sp³-hybridized carbons (Fsp3) is 0.0455. The predicted molar refractivity (Wildman–Crippen MR) is 106 cm³/mol. The summed E-state index contributed by atoms with van der Waals surface area (Å²) in [5.41, 5.74) is 4.50. The van der Waals surface area contributed by atoms with E-state index in [1.807, 2.05) is 43.3 Å². The van der Waals surface area contributed by atoms with Crippen molar-refractivity contribution in [1.82, 2.24) is 0 Å². The third-order valence-electron chi connectivity index (χ3n) is 4.49. The van der Waals surface area contributed by atoms with E-state index in [1.165, 1.54) is 0 Å². The summed E-state index contributed by atoms with van der Waals surface area (Å²) in [5, 5.41) is 20.5. The summed E-state index contributed by atoms with van der Waals surface area (Å²) in [4.78, 5) is 12.7. The number of aromatic hydroxyl groups is 2. The van der Waals surface area contributed by atoms with E-state index in [4.69, 9.17) is 0 Å². The Labute approximate surface area is 154 Å². The Balaban J connectivity index is 2.12. The minimum absolute atomic E-state index is 0.207. The molecule has 3 nitrogen and oxygen atoms in total. The van der Waals surface area contributed by atoms with Crippen LogP contribution in [-0.4, -0.2) is 16.5 Å². The second-order valence-electron chi connectivity index (χ2n) is 6.19. The van der Waals surface area contributed by atoms with Gasteiger partial charge in [-0.05, 0) is 66.1 Å². The Morgan fingerprint density at radius 3 is 2.35 bits per heavy atom. The van der Waals surface area contributed by atoms with E-state index in [1.54, 1.807) is 35.6 Å². The maximum Gasteiger partial charge on any atom is 0.150 e. The Morgan fingerprint density at radius 1 is 0.885 bits per heavy atom. The van der Waals surface area contributed by atoms with Gasteiger partial charge in [0, 0.05) is 26.1 Å². The van der Waals surface area contributed by atoms with Crippen molar-refractivity contribution in [1.29, 1.82) is 0 Å². The topological polar surface area (TPSA) is 57.5 Å². The lowest BCUT2D eigenvalue weighted by atomic mass is 9.92. The molecule has 0 fully saturated rings. The van der Waals surface area contributed by atoms with Gasteiger partial charge in [0.25, 0.3) is 0 Å². The summed E-state index contributed by atoms with van der Waals surface area (Å²) < 4.78 is 0.947. The van der Waals surface area contributed by atoms with Crippen molar-refractivity contribution in [2.75, 3.05) is 0 Å². The number of benzene rings is 3. The lowest BCUT2D eigenvalue weighted by molar-refractivity contribution is 0.112. The SMILES string of the molecule is Cc1cccc(C=O)c1-c1c(-c2ccc(O)cc2)sc2cc(O)ccc12. The maximum atomic E-state index is 11.7. The van der Waals surface area contributed by atoms with Gasteiger partial charge in [-0.25, -0.2) is 0 Å². The molecule has 1 heterocycles. The van der Waals surface area contributed by atoms with Crippen LogP contribution in [0.2, 0.25) is 0 Å². The molecule has 0 aliphatic heterocycles. The van der Waals surface area contributed by atoms with E-state index in [0.29, 0.717) is 5.56 Å². The molecule has 26 heavy (non-hydrogen) atoms. The Bertz CT molecular complexity index is 1120. The van der Waals surface area contributed by atoms with E-state index >= 15 is 0 Å². The van der Waals surface area contributed by atoms with Crippen LogP contribution in [0.3, 0.4) is 0 Å². The molecule has 128 valence electrons. The summed E-state index contributed by atoms with van der Waals surface area (Å²) in [6.07, 6.45) is 0.882. The van der Waals surface area contributed by atoms with Gasteiger partial charge in [0.1, 0.15) is 11.5 Å². The zero-order valence-corrected chi connectivity index (χ0v) is 14.9. The number of thiophene rings is 1. The van der Waals surface area contributed by atoms with Gasteiger partial charge in [0.15, 0.2) is 6.29 Å². The van der Waals surface area contributed by atoms with Crippen LogP contribution in [-0.2, 0) is 0 Å². The Morgan fingerprint density at radius 2 is 1.62 bits per heavy atom. The fourth-order valence-electron chi connectivity index (χ4n) is 3.28. The summed E-state index contributed by atoms with van der Waals surface area (Å²) in [6.45, 7) is 1.99. The minimum Gasteiger partial charge on any atom is -0.508 e. The first-order valence-corrected chi connectivity index (χ1v) is 9.00. The average Bonchev–Trinajstić information content (AvgIpc) is 3.00. The van der Waals surface area contributed by atoms with Gasteiger partial charge in [-0.15, -0.1) is 11.3 Å². The zero-order chi connectivity index (χ0) is 18.3. The van der Waals surface area contributed by atoms with Crippen molar-refractivity contribution in [3.63, 3.8) is 0 Å². The number of phenolic OH excluding ortho intramolecular Hbond substituents is 2. The van der Waals surface area contributed by atoms with Crippen LogP contribution in [0.5, 0.6) is 11.5 Å². The smallest absolute Gasteiger partial charge is 0.150 e. The quantitative estimate of drug-likeness (QED) is 0.456. The highest BCUT2D eigenvalue weighted by molar-refractivity contribution is 7.23. The van der Waals surface area contributed by atoms with Crippen molar-refractivity contribution in [2.24, 2.45) is 0 Å². The Hall–Kier alpha value is -3.11. The number of carbonyl (C=O) groups is 1. The molecule has 4 heteroatoms. The second kappa shape index (κ2) is 6.32. The van der Waals surface area contributed by atoms with Crippen LogP contribution in [0.25, 0.3) is 31.7 Å². The van der Waals surface area contributed by atoms with E-state index in [0.717, 1.165) is 43.5 Å². The average molecular weight is 360 g/mol. The van der Waals surface area contributed by atoms with Gasteiger partial charge < -0.3 is 10.2 Å². The number of hydrogen-bond acceptors (Lipinski definition) is 4. The van der Waals surface area contributed by atoms with Crippen molar-refractivity contribution in [3.8, 4) is 33.1 Å². The van der Waals surface area contributed by atoms with Crippen molar-refractivity contribution in [2.45, 2.75) is 6.92 Å². The zero-order valence-electron chi connectivity index (χ0n) is 14.1. The molecule has 3 aromatic carbocycles. The molecule has 0 aliphatic rings. The van der Waals surface area contributed by atoms with Gasteiger partial charge in [0.05, 0.1) is 0 Å². The molecule has 0 radical (unpaired) electrons. The number of hydrogen-bond donors (Lipinski definition) is 2.